The van der Waals surface area contributed by atoms with Gasteiger partial charge in [0, 0.05) is 6.54 Å². The lowest BCUT2D eigenvalue weighted by Crippen LogP contribution is -2.12. The Kier molecular flexibility index (Phi) is 1.21. The summed E-state index contributed by atoms with van der Waals surface area (Å²) in [6.07, 6.45) is 3.55. The van der Waals surface area contributed by atoms with Crippen molar-refractivity contribution < 1.29 is 4.79 Å². The Labute approximate surface area is 64.0 Å². The minimum atomic E-state index is -0.367. The Morgan fingerprint density at radius 3 is 3.27 bits per heavy atom. The largest absolute Gasteiger partial charge is 0.365 e. The zero-order chi connectivity index (χ0) is 7.84. The minimum Gasteiger partial charge on any atom is -0.365 e. The van der Waals surface area contributed by atoms with E-state index in [2.05, 4.69) is 5.10 Å². The van der Waals surface area contributed by atoms with Crippen molar-refractivity contribution in [2.24, 2.45) is 5.73 Å². The van der Waals surface area contributed by atoms with Crippen molar-refractivity contribution in [1.82, 2.24) is 9.78 Å². The van der Waals surface area contributed by atoms with Crippen LogP contribution in [0.2, 0.25) is 0 Å². The van der Waals surface area contributed by atoms with E-state index < -0.39 is 0 Å². The minimum absolute atomic E-state index is 0.367. The molecule has 1 amide bonds. The zero-order valence-electron chi connectivity index (χ0n) is 6.08. The second-order valence-corrected chi connectivity index (χ2v) is 2.70. The van der Waals surface area contributed by atoms with Gasteiger partial charge < -0.3 is 5.73 Å². The van der Waals surface area contributed by atoms with E-state index >= 15 is 0 Å². The molecule has 11 heavy (non-hydrogen) atoms. The molecule has 0 aromatic carbocycles. The van der Waals surface area contributed by atoms with Gasteiger partial charge in [-0.3, -0.25) is 9.48 Å². The summed E-state index contributed by atoms with van der Waals surface area (Å²) in [6, 6.07) is 0. The summed E-state index contributed by atoms with van der Waals surface area (Å²) in [6.45, 7) is 0.919. The predicted octanol–water partition coefficient (Wildman–Crippen LogP) is -0.0718. The van der Waals surface area contributed by atoms with Crippen molar-refractivity contribution in [2.75, 3.05) is 0 Å². The number of hydrogen-bond acceptors (Lipinski definition) is 2. The van der Waals surface area contributed by atoms with E-state index in [0.29, 0.717) is 5.56 Å². The van der Waals surface area contributed by atoms with Gasteiger partial charge in [-0.2, -0.15) is 5.10 Å². The number of hydrogen-bond donors (Lipinski definition) is 1. The number of fused-ring (bicyclic) bond motifs is 1. The molecule has 0 unspecified atom stereocenters. The first-order valence-corrected chi connectivity index (χ1v) is 3.63. The number of carbonyl (C=O) groups is 1. The molecule has 0 saturated heterocycles. The topological polar surface area (TPSA) is 60.9 Å². The third kappa shape index (κ3) is 0.824. The van der Waals surface area contributed by atoms with Crippen LogP contribution in [0.1, 0.15) is 22.5 Å². The summed E-state index contributed by atoms with van der Waals surface area (Å²) < 4.78 is 1.85. The van der Waals surface area contributed by atoms with Crippen molar-refractivity contribution in [3.63, 3.8) is 0 Å². The molecule has 4 heteroatoms. The van der Waals surface area contributed by atoms with Crippen molar-refractivity contribution in [2.45, 2.75) is 19.4 Å². The Balaban J connectivity index is 2.50. The molecule has 58 valence electrons. The Morgan fingerprint density at radius 2 is 2.55 bits per heavy atom. The van der Waals surface area contributed by atoms with Crippen molar-refractivity contribution in [3.05, 3.63) is 17.5 Å². The molecule has 0 spiro atoms. The highest BCUT2D eigenvalue weighted by atomic mass is 16.1. The molecule has 0 aliphatic carbocycles. The van der Waals surface area contributed by atoms with Crippen LogP contribution in [-0.4, -0.2) is 15.7 Å². The van der Waals surface area contributed by atoms with Crippen molar-refractivity contribution in [3.8, 4) is 0 Å². The van der Waals surface area contributed by atoms with E-state index in [0.717, 1.165) is 25.1 Å². The van der Waals surface area contributed by atoms with Crippen LogP contribution in [0.25, 0.3) is 0 Å². The molecular formula is C7H9N3O. The fraction of sp³-hybridized carbons (Fsp3) is 0.429. The smallest absolute Gasteiger partial charge is 0.252 e. The monoisotopic (exact) mass is 151 g/mol. The van der Waals surface area contributed by atoms with Gasteiger partial charge in [-0.1, -0.05) is 0 Å². The maximum atomic E-state index is 10.8. The second-order valence-electron chi connectivity index (χ2n) is 2.70. The van der Waals surface area contributed by atoms with Crippen molar-refractivity contribution in [1.29, 1.82) is 0 Å². The molecule has 0 atom stereocenters. The summed E-state index contributed by atoms with van der Waals surface area (Å²) in [4.78, 5) is 10.8. The van der Waals surface area contributed by atoms with Gasteiger partial charge in [0.1, 0.15) is 0 Å². The van der Waals surface area contributed by atoms with Crippen molar-refractivity contribution >= 4 is 5.91 Å². The average Bonchev–Trinajstić information content (AvgIpc) is 2.41. The quantitative estimate of drug-likeness (QED) is 0.610. The molecule has 0 fully saturated rings. The van der Waals surface area contributed by atoms with Gasteiger partial charge in [-0.15, -0.1) is 0 Å². The van der Waals surface area contributed by atoms with E-state index in [1.54, 1.807) is 6.20 Å². The van der Waals surface area contributed by atoms with Crippen LogP contribution in [0.15, 0.2) is 6.20 Å². The lowest BCUT2D eigenvalue weighted by Gasteiger charge is -1.92. The molecular weight excluding hydrogens is 142 g/mol. The molecule has 0 radical (unpaired) electrons. The van der Waals surface area contributed by atoms with Crippen LogP contribution >= 0.6 is 0 Å². The number of aryl methyl sites for hydroxylation is 1. The van der Waals surface area contributed by atoms with Gasteiger partial charge in [-0.25, -0.2) is 0 Å². The maximum Gasteiger partial charge on any atom is 0.252 e. The van der Waals surface area contributed by atoms with Gasteiger partial charge in [-0.05, 0) is 12.8 Å². The number of nitrogens with zero attached hydrogens (tertiary/aromatic N) is 2. The van der Waals surface area contributed by atoms with Crippen LogP contribution < -0.4 is 5.73 Å². The van der Waals surface area contributed by atoms with Gasteiger partial charge in [0.05, 0.1) is 17.5 Å². The predicted molar refractivity (Wildman–Crippen MR) is 39.1 cm³/mol. The number of carbonyl (C=O) groups excluding carboxylic acids is 1. The number of nitrogens with two attached hydrogens (primary N) is 1. The zero-order valence-corrected chi connectivity index (χ0v) is 6.08. The van der Waals surface area contributed by atoms with Crippen LogP contribution in [0.4, 0.5) is 0 Å². The van der Waals surface area contributed by atoms with Crippen LogP contribution in [0.3, 0.4) is 0 Å². The standard InChI is InChI=1S/C7H9N3O/c8-7(11)5-4-9-10-3-1-2-6(5)10/h4H,1-3H2,(H2,8,11). The van der Waals surface area contributed by atoms with E-state index in [-0.39, 0.29) is 5.91 Å². The lowest BCUT2D eigenvalue weighted by molar-refractivity contribution is 0.0999. The molecule has 2 heterocycles. The molecule has 0 bridgehead atoms. The van der Waals surface area contributed by atoms with Gasteiger partial charge >= 0.3 is 0 Å². The highest BCUT2D eigenvalue weighted by Gasteiger charge is 2.18. The molecule has 0 saturated carbocycles. The van der Waals surface area contributed by atoms with E-state index in [1.165, 1.54) is 0 Å². The first-order valence-electron chi connectivity index (χ1n) is 3.63. The summed E-state index contributed by atoms with van der Waals surface area (Å²) in [5, 5.41) is 4.03. The Hall–Kier alpha value is -1.32. The molecule has 2 rings (SSSR count). The second kappa shape index (κ2) is 2.08. The molecule has 4 nitrogen and oxygen atoms in total. The normalized spacial score (nSPS) is 14.9. The molecule has 2 N–H and O–H groups in total. The summed E-state index contributed by atoms with van der Waals surface area (Å²) in [5.41, 5.74) is 6.72. The number of primary amides is 1. The maximum absolute atomic E-state index is 10.8. The average molecular weight is 151 g/mol. The fourth-order valence-corrected chi connectivity index (χ4v) is 1.47. The summed E-state index contributed by atoms with van der Waals surface area (Å²) in [5.74, 6) is -0.367. The number of rotatable bonds is 1. The molecule has 1 aromatic rings. The Bertz CT molecular complexity index is 303. The molecule has 1 aliphatic rings. The summed E-state index contributed by atoms with van der Waals surface area (Å²) in [7, 11) is 0. The first kappa shape index (κ1) is 6.39. The lowest BCUT2D eigenvalue weighted by atomic mass is 10.2. The van der Waals surface area contributed by atoms with Gasteiger partial charge in [0.15, 0.2) is 0 Å². The van der Waals surface area contributed by atoms with Gasteiger partial charge in [0.25, 0.3) is 5.91 Å². The highest BCUT2D eigenvalue weighted by Crippen LogP contribution is 2.17. The van der Waals surface area contributed by atoms with E-state index in [1.807, 2.05) is 4.68 Å². The molecule has 1 aromatic heterocycles. The fourth-order valence-electron chi connectivity index (χ4n) is 1.47. The number of amides is 1. The summed E-state index contributed by atoms with van der Waals surface area (Å²) >= 11 is 0. The van der Waals surface area contributed by atoms with Crippen LogP contribution in [0.5, 0.6) is 0 Å². The van der Waals surface area contributed by atoms with Crippen LogP contribution in [-0.2, 0) is 13.0 Å². The third-order valence-electron chi connectivity index (χ3n) is 2.00. The van der Waals surface area contributed by atoms with E-state index in [9.17, 15) is 4.79 Å². The van der Waals surface area contributed by atoms with Gasteiger partial charge in [0.2, 0.25) is 0 Å². The Morgan fingerprint density at radius 1 is 1.73 bits per heavy atom. The highest BCUT2D eigenvalue weighted by molar-refractivity contribution is 5.93. The van der Waals surface area contributed by atoms with Crippen LogP contribution in [0, 0.1) is 0 Å². The first-order chi connectivity index (χ1) is 5.29. The SMILES string of the molecule is NC(=O)c1cnn2c1CCC2. The van der Waals surface area contributed by atoms with E-state index in [4.69, 9.17) is 5.73 Å². The molecule has 1 aliphatic heterocycles. The number of aromatic nitrogens is 2. The third-order valence-corrected chi connectivity index (χ3v) is 2.00.